The summed E-state index contributed by atoms with van der Waals surface area (Å²) in [6.07, 6.45) is 1.89. The molecule has 4 rings (SSSR count). The van der Waals surface area contributed by atoms with E-state index in [4.69, 9.17) is 11.6 Å². The molecule has 0 N–H and O–H groups in total. The Kier molecular flexibility index (Phi) is 7.14. The minimum Gasteiger partial charge on any atom is -0.295 e. The second-order valence-electron chi connectivity index (χ2n) is 6.75. The van der Waals surface area contributed by atoms with Crippen molar-refractivity contribution in [3.63, 3.8) is 0 Å². The van der Waals surface area contributed by atoms with E-state index in [0.717, 1.165) is 41.0 Å². The van der Waals surface area contributed by atoms with E-state index in [0.29, 0.717) is 0 Å². The number of rotatable bonds is 5. The van der Waals surface area contributed by atoms with Gasteiger partial charge in [0, 0.05) is 17.1 Å². The Labute approximate surface area is 176 Å². The number of fused-ring (bicyclic) bond motifs is 1. The van der Waals surface area contributed by atoms with Crippen molar-refractivity contribution in [2.24, 2.45) is 0 Å². The van der Waals surface area contributed by atoms with Crippen LogP contribution < -0.4 is 0 Å². The summed E-state index contributed by atoms with van der Waals surface area (Å²) in [5.41, 5.74) is 5.26. The van der Waals surface area contributed by atoms with Gasteiger partial charge >= 0.3 is 0 Å². The third kappa shape index (κ3) is 5.52. The van der Waals surface area contributed by atoms with Crippen LogP contribution in [0.5, 0.6) is 0 Å². The maximum atomic E-state index is 10.6. The molecule has 0 saturated carbocycles. The highest BCUT2D eigenvalue weighted by Crippen LogP contribution is 2.20. The largest absolute Gasteiger partial charge is 0.295 e. The fourth-order valence-corrected chi connectivity index (χ4v) is 3.23. The van der Waals surface area contributed by atoms with Crippen LogP contribution in [0, 0.1) is 0 Å². The quantitative estimate of drug-likeness (QED) is 0.395. The first-order chi connectivity index (χ1) is 14.1. The number of para-hydroxylation sites is 1. The van der Waals surface area contributed by atoms with Gasteiger partial charge in [-0.15, -0.1) is 5.10 Å². The van der Waals surface area contributed by atoms with E-state index in [-0.39, 0.29) is 5.78 Å². The van der Waals surface area contributed by atoms with Crippen molar-refractivity contribution >= 4 is 28.4 Å². The number of carbonyl (C=O) groups is 1. The fourth-order valence-electron chi connectivity index (χ4n) is 3.02. The number of Topliss-reactive ketones (excluding diaryl/α,β-unsaturated/α-hetero) is 1. The minimum absolute atomic E-state index is 0.121. The Bertz CT molecular complexity index is 1090. The van der Waals surface area contributed by atoms with Gasteiger partial charge in [0.25, 0.3) is 0 Å². The summed E-state index contributed by atoms with van der Waals surface area (Å²) in [5, 5.41) is 9.20. The first kappa shape index (κ1) is 20.7. The lowest BCUT2D eigenvalue weighted by molar-refractivity contribution is 0.101. The molecule has 0 bridgehead atoms. The van der Waals surface area contributed by atoms with Crippen molar-refractivity contribution in [1.82, 2.24) is 15.0 Å². The molecule has 0 atom stereocenters. The van der Waals surface area contributed by atoms with Gasteiger partial charge in [0.15, 0.2) is 5.78 Å². The van der Waals surface area contributed by atoms with Crippen LogP contribution in [0.4, 0.5) is 0 Å². The van der Waals surface area contributed by atoms with Gasteiger partial charge in [0.05, 0.1) is 5.52 Å². The summed E-state index contributed by atoms with van der Waals surface area (Å²) in [6.45, 7) is 4.50. The van der Waals surface area contributed by atoms with Crippen molar-refractivity contribution in [3.8, 4) is 0 Å². The van der Waals surface area contributed by atoms with Crippen LogP contribution in [-0.4, -0.2) is 20.8 Å². The van der Waals surface area contributed by atoms with Crippen LogP contribution in [0.3, 0.4) is 0 Å². The number of hydrogen-bond donors (Lipinski definition) is 0. The summed E-state index contributed by atoms with van der Waals surface area (Å²) < 4.78 is 1.93. The third-order valence-corrected chi connectivity index (χ3v) is 5.08. The molecule has 0 aliphatic rings. The van der Waals surface area contributed by atoms with Crippen LogP contribution in [0.25, 0.3) is 11.0 Å². The van der Waals surface area contributed by atoms with Gasteiger partial charge in [-0.25, -0.2) is 4.68 Å². The molecule has 5 heteroatoms. The van der Waals surface area contributed by atoms with Gasteiger partial charge in [0.1, 0.15) is 5.52 Å². The van der Waals surface area contributed by atoms with E-state index in [1.165, 1.54) is 11.1 Å². The Balaban J connectivity index is 0.000000224. The van der Waals surface area contributed by atoms with Gasteiger partial charge in [-0.2, -0.15) is 0 Å². The average Bonchev–Trinajstić information content (AvgIpc) is 3.17. The highest BCUT2D eigenvalue weighted by Gasteiger charge is 2.06. The Morgan fingerprint density at radius 3 is 2.41 bits per heavy atom. The SMILES string of the molecule is CC(=O)c1ccccc1.CCc1ccc(Cl)c(CCn2nnc3ccccc32)c1. The van der Waals surface area contributed by atoms with E-state index >= 15 is 0 Å². The van der Waals surface area contributed by atoms with Crippen molar-refractivity contribution in [3.05, 3.63) is 94.5 Å². The lowest BCUT2D eigenvalue weighted by Gasteiger charge is -2.07. The van der Waals surface area contributed by atoms with Gasteiger partial charge in [0.2, 0.25) is 0 Å². The summed E-state index contributed by atoms with van der Waals surface area (Å²) >= 11 is 6.27. The first-order valence-corrected chi connectivity index (χ1v) is 10.1. The number of aromatic nitrogens is 3. The highest BCUT2D eigenvalue weighted by molar-refractivity contribution is 6.31. The first-order valence-electron chi connectivity index (χ1n) is 9.70. The van der Waals surface area contributed by atoms with Crippen LogP contribution in [0.1, 0.15) is 35.3 Å². The maximum absolute atomic E-state index is 10.6. The molecule has 0 fully saturated rings. The van der Waals surface area contributed by atoms with Gasteiger partial charge < -0.3 is 0 Å². The number of hydrogen-bond acceptors (Lipinski definition) is 3. The molecule has 0 amide bonds. The fraction of sp³-hybridized carbons (Fsp3) is 0.208. The molecule has 3 aromatic carbocycles. The lowest BCUT2D eigenvalue weighted by atomic mass is 10.1. The van der Waals surface area contributed by atoms with Crippen molar-refractivity contribution < 1.29 is 4.79 Å². The van der Waals surface area contributed by atoms with Crippen molar-refractivity contribution in [2.45, 2.75) is 33.2 Å². The molecule has 0 unspecified atom stereocenters. The van der Waals surface area contributed by atoms with Crippen LogP contribution in [0.15, 0.2) is 72.8 Å². The molecule has 4 nitrogen and oxygen atoms in total. The molecule has 0 aliphatic heterocycles. The summed E-state index contributed by atoms with van der Waals surface area (Å²) in [5.74, 6) is 0.121. The zero-order valence-corrected chi connectivity index (χ0v) is 17.4. The van der Waals surface area contributed by atoms with E-state index in [9.17, 15) is 4.79 Å². The number of halogens is 1. The number of aryl methyl sites for hydroxylation is 3. The number of nitrogens with zero attached hydrogens (tertiary/aromatic N) is 3. The van der Waals surface area contributed by atoms with Crippen molar-refractivity contribution in [2.75, 3.05) is 0 Å². The molecule has 0 radical (unpaired) electrons. The smallest absolute Gasteiger partial charge is 0.159 e. The average molecular weight is 406 g/mol. The number of ketones is 1. The highest BCUT2D eigenvalue weighted by atomic mass is 35.5. The zero-order valence-electron chi connectivity index (χ0n) is 16.7. The molecular weight excluding hydrogens is 382 g/mol. The minimum atomic E-state index is 0.121. The molecule has 4 aromatic rings. The lowest BCUT2D eigenvalue weighted by Crippen LogP contribution is -2.04. The molecule has 0 spiro atoms. The topological polar surface area (TPSA) is 47.8 Å². The maximum Gasteiger partial charge on any atom is 0.159 e. The molecule has 148 valence electrons. The number of benzene rings is 3. The monoisotopic (exact) mass is 405 g/mol. The third-order valence-electron chi connectivity index (χ3n) is 4.71. The van der Waals surface area contributed by atoms with Crippen LogP contribution >= 0.6 is 11.6 Å². The van der Waals surface area contributed by atoms with Crippen molar-refractivity contribution in [1.29, 1.82) is 0 Å². The molecule has 1 heterocycles. The summed E-state index contributed by atoms with van der Waals surface area (Å²) in [6, 6.07) is 23.5. The Morgan fingerprint density at radius 2 is 1.72 bits per heavy atom. The van der Waals surface area contributed by atoms with Gasteiger partial charge in [-0.1, -0.05) is 78.3 Å². The van der Waals surface area contributed by atoms with Crippen LogP contribution in [-0.2, 0) is 19.4 Å². The van der Waals surface area contributed by atoms with E-state index < -0.39 is 0 Å². The molecule has 0 aliphatic carbocycles. The molecule has 0 saturated heterocycles. The molecular formula is C24H24ClN3O. The summed E-state index contributed by atoms with van der Waals surface area (Å²) in [7, 11) is 0. The van der Waals surface area contributed by atoms with Crippen LogP contribution in [0.2, 0.25) is 5.02 Å². The summed E-state index contributed by atoms with van der Waals surface area (Å²) in [4.78, 5) is 10.6. The van der Waals surface area contributed by atoms with E-state index in [2.05, 4.69) is 29.4 Å². The second kappa shape index (κ2) is 9.99. The number of carbonyl (C=O) groups excluding carboxylic acids is 1. The standard InChI is InChI=1S/C16H16ClN3.C8H8O/c1-2-12-7-8-14(17)13(11-12)9-10-20-16-6-4-3-5-15(16)18-19-20;1-7(9)8-5-3-2-4-6-8/h3-8,11H,2,9-10H2,1H3;2-6H,1H3. The van der Waals surface area contributed by atoms with E-state index in [1.54, 1.807) is 6.92 Å². The normalized spacial score (nSPS) is 10.4. The second-order valence-corrected chi connectivity index (χ2v) is 7.16. The Morgan fingerprint density at radius 1 is 1.00 bits per heavy atom. The molecule has 1 aromatic heterocycles. The Hall–Kier alpha value is -2.98. The predicted octanol–water partition coefficient (Wildman–Crippen LogP) is 5.78. The molecule has 29 heavy (non-hydrogen) atoms. The van der Waals surface area contributed by atoms with Gasteiger partial charge in [-0.05, 0) is 49.1 Å². The predicted molar refractivity (Wildman–Crippen MR) is 119 cm³/mol. The van der Waals surface area contributed by atoms with E-state index in [1.807, 2.05) is 65.3 Å². The zero-order chi connectivity index (χ0) is 20.6. The van der Waals surface area contributed by atoms with Gasteiger partial charge in [-0.3, -0.25) is 4.79 Å².